The summed E-state index contributed by atoms with van der Waals surface area (Å²) in [5, 5.41) is 7.95. The Morgan fingerprint density at radius 3 is 2.75 bits per heavy atom. The van der Waals surface area contributed by atoms with Crippen molar-refractivity contribution >= 4 is 17.2 Å². The minimum absolute atomic E-state index is 0.176. The molecule has 1 aliphatic rings. The molecular weight excluding hydrogens is 323 g/mol. The number of thiophene rings is 1. The van der Waals surface area contributed by atoms with Crippen molar-refractivity contribution in [2.75, 3.05) is 13.1 Å². The highest BCUT2D eigenvalue weighted by Gasteiger charge is 2.25. The quantitative estimate of drug-likeness (QED) is 0.895. The highest BCUT2D eigenvalue weighted by Crippen LogP contribution is 2.17. The Balaban J connectivity index is 1.49. The van der Waals surface area contributed by atoms with E-state index in [9.17, 15) is 9.18 Å². The number of rotatable bonds is 5. The summed E-state index contributed by atoms with van der Waals surface area (Å²) in [6.45, 7) is 3.56. The lowest BCUT2D eigenvalue weighted by Gasteiger charge is -2.34. The van der Waals surface area contributed by atoms with Crippen molar-refractivity contribution in [1.29, 1.82) is 0 Å². The number of nitrogens with zero attached hydrogens (tertiary/aromatic N) is 1. The number of hydrogen-bond acceptors (Lipinski definition) is 3. The number of piperidine rings is 1. The van der Waals surface area contributed by atoms with Gasteiger partial charge in [-0.25, -0.2) is 4.39 Å². The van der Waals surface area contributed by atoms with Crippen molar-refractivity contribution in [3.63, 3.8) is 0 Å². The minimum atomic E-state index is -0.438. The molecule has 1 amide bonds. The highest BCUT2D eigenvalue weighted by molar-refractivity contribution is 7.07. The fourth-order valence-corrected chi connectivity index (χ4v) is 3.96. The first kappa shape index (κ1) is 17.1. The second-order valence-corrected chi connectivity index (χ2v) is 7.23. The van der Waals surface area contributed by atoms with Gasteiger partial charge in [0, 0.05) is 25.2 Å². The van der Waals surface area contributed by atoms with Gasteiger partial charge in [0.05, 0.1) is 5.56 Å². The van der Waals surface area contributed by atoms with Crippen LogP contribution in [0.25, 0.3) is 0 Å². The smallest absolute Gasteiger partial charge is 0.256 e. The van der Waals surface area contributed by atoms with Gasteiger partial charge in [-0.05, 0) is 60.7 Å². The summed E-state index contributed by atoms with van der Waals surface area (Å²) in [5.74, 6) is -0.634. The van der Waals surface area contributed by atoms with Crippen LogP contribution in [0, 0.1) is 5.82 Å². The van der Waals surface area contributed by atoms with Crippen LogP contribution in [0.15, 0.2) is 41.1 Å². The van der Waals surface area contributed by atoms with Crippen molar-refractivity contribution in [3.8, 4) is 0 Å². The van der Waals surface area contributed by atoms with Gasteiger partial charge < -0.3 is 10.2 Å². The van der Waals surface area contributed by atoms with Gasteiger partial charge in [0.2, 0.25) is 0 Å². The summed E-state index contributed by atoms with van der Waals surface area (Å²) < 4.78 is 13.8. The Labute approximate surface area is 146 Å². The zero-order valence-corrected chi connectivity index (χ0v) is 14.7. The third-order valence-electron chi connectivity index (χ3n) is 4.53. The summed E-state index contributed by atoms with van der Waals surface area (Å²) in [5.41, 5.74) is 1.54. The summed E-state index contributed by atoms with van der Waals surface area (Å²) in [4.78, 5) is 14.2. The number of hydrogen-bond donors (Lipinski definition) is 1. The molecule has 2 heterocycles. The van der Waals surface area contributed by atoms with E-state index in [1.807, 2.05) is 0 Å². The van der Waals surface area contributed by atoms with Gasteiger partial charge in [-0.3, -0.25) is 4.79 Å². The van der Waals surface area contributed by atoms with E-state index in [1.54, 1.807) is 34.4 Å². The molecule has 0 unspecified atom stereocenters. The van der Waals surface area contributed by atoms with E-state index in [0.29, 0.717) is 25.2 Å². The van der Waals surface area contributed by atoms with Gasteiger partial charge in [0.15, 0.2) is 0 Å². The monoisotopic (exact) mass is 346 g/mol. The summed E-state index contributed by atoms with van der Waals surface area (Å²) in [6, 6.07) is 9.21. The standard InChI is InChI=1S/C19H23FN2OS/c1-14(12-15-8-11-24-13-15)21-16-6-9-22(10-7-16)19(23)17-4-2-3-5-18(17)20/h2-5,8,11,13-14,16,21H,6-7,9-10,12H2,1H3/t14-/m0/s1. The second-order valence-electron chi connectivity index (χ2n) is 6.45. The van der Waals surface area contributed by atoms with Gasteiger partial charge in [-0.15, -0.1) is 0 Å². The lowest BCUT2D eigenvalue weighted by atomic mass is 10.0. The topological polar surface area (TPSA) is 32.3 Å². The van der Waals surface area contributed by atoms with E-state index in [2.05, 4.69) is 29.1 Å². The highest BCUT2D eigenvalue weighted by atomic mass is 32.1. The molecule has 1 saturated heterocycles. The van der Waals surface area contributed by atoms with Crippen LogP contribution in [0.3, 0.4) is 0 Å². The van der Waals surface area contributed by atoms with E-state index in [1.165, 1.54) is 11.6 Å². The predicted molar refractivity (Wildman–Crippen MR) is 95.9 cm³/mol. The molecule has 0 bridgehead atoms. The van der Waals surface area contributed by atoms with Crippen molar-refractivity contribution in [2.24, 2.45) is 0 Å². The Morgan fingerprint density at radius 1 is 1.33 bits per heavy atom. The predicted octanol–water partition coefficient (Wildman–Crippen LogP) is 3.71. The molecule has 2 aromatic rings. The molecule has 1 atom stereocenters. The molecule has 1 fully saturated rings. The van der Waals surface area contributed by atoms with Gasteiger partial charge in [-0.2, -0.15) is 11.3 Å². The molecule has 128 valence electrons. The molecule has 0 saturated carbocycles. The van der Waals surface area contributed by atoms with Crippen LogP contribution in [0.5, 0.6) is 0 Å². The molecular formula is C19H23FN2OS. The SMILES string of the molecule is C[C@@H](Cc1ccsc1)NC1CCN(C(=O)c2ccccc2F)CC1. The first-order chi connectivity index (χ1) is 11.6. The van der Waals surface area contributed by atoms with Gasteiger partial charge in [0.25, 0.3) is 5.91 Å². The average Bonchev–Trinajstić information content (AvgIpc) is 3.08. The summed E-state index contributed by atoms with van der Waals surface area (Å²) in [7, 11) is 0. The molecule has 1 N–H and O–H groups in total. The average molecular weight is 346 g/mol. The van der Waals surface area contributed by atoms with Crippen molar-refractivity contribution < 1.29 is 9.18 Å². The fraction of sp³-hybridized carbons (Fsp3) is 0.421. The molecule has 3 rings (SSSR count). The Kier molecular flexibility index (Phi) is 5.63. The third-order valence-corrected chi connectivity index (χ3v) is 5.26. The number of halogens is 1. The maximum absolute atomic E-state index is 13.8. The molecule has 3 nitrogen and oxygen atoms in total. The molecule has 0 radical (unpaired) electrons. The Bertz CT molecular complexity index is 666. The van der Waals surface area contributed by atoms with Crippen molar-refractivity contribution in [2.45, 2.75) is 38.3 Å². The lowest BCUT2D eigenvalue weighted by Crippen LogP contribution is -2.47. The van der Waals surface area contributed by atoms with E-state index >= 15 is 0 Å². The van der Waals surface area contributed by atoms with Crippen LogP contribution in [-0.2, 0) is 6.42 Å². The van der Waals surface area contributed by atoms with Crippen LogP contribution >= 0.6 is 11.3 Å². The van der Waals surface area contributed by atoms with Crippen LogP contribution < -0.4 is 5.32 Å². The lowest BCUT2D eigenvalue weighted by molar-refractivity contribution is 0.0698. The number of carbonyl (C=O) groups excluding carboxylic acids is 1. The van der Waals surface area contributed by atoms with Gasteiger partial charge in [-0.1, -0.05) is 12.1 Å². The minimum Gasteiger partial charge on any atom is -0.338 e. The molecule has 1 aromatic carbocycles. The summed E-state index contributed by atoms with van der Waals surface area (Å²) in [6.07, 6.45) is 2.85. The number of nitrogens with one attached hydrogen (secondary N) is 1. The van der Waals surface area contributed by atoms with Crippen molar-refractivity contribution in [3.05, 3.63) is 58.0 Å². The van der Waals surface area contributed by atoms with Gasteiger partial charge >= 0.3 is 0 Å². The van der Waals surface area contributed by atoms with E-state index in [4.69, 9.17) is 0 Å². The van der Waals surface area contributed by atoms with E-state index in [-0.39, 0.29) is 11.5 Å². The molecule has 0 aliphatic carbocycles. The normalized spacial score (nSPS) is 17.0. The summed E-state index contributed by atoms with van der Waals surface area (Å²) >= 11 is 1.73. The Morgan fingerprint density at radius 2 is 2.08 bits per heavy atom. The van der Waals surface area contributed by atoms with Crippen LogP contribution in [-0.4, -0.2) is 36.0 Å². The van der Waals surface area contributed by atoms with Crippen LogP contribution in [0.2, 0.25) is 0 Å². The maximum Gasteiger partial charge on any atom is 0.256 e. The van der Waals surface area contributed by atoms with Crippen molar-refractivity contribution in [1.82, 2.24) is 10.2 Å². The molecule has 5 heteroatoms. The number of likely N-dealkylation sites (tertiary alicyclic amines) is 1. The Hall–Kier alpha value is -1.72. The van der Waals surface area contributed by atoms with Crippen LogP contribution in [0.1, 0.15) is 35.7 Å². The number of amides is 1. The molecule has 1 aromatic heterocycles. The number of carbonyl (C=O) groups is 1. The van der Waals surface area contributed by atoms with Crippen LogP contribution in [0.4, 0.5) is 4.39 Å². The first-order valence-electron chi connectivity index (χ1n) is 8.44. The van der Waals surface area contributed by atoms with E-state index in [0.717, 1.165) is 19.3 Å². The molecule has 0 spiro atoms. The number of benzene rings is 1. The molecule has 1 aliphatic heterocycles. The maximum atomic E-state index is 13.8. The van der Waals surface area contributed by atoms with Gasteiger partial charge in [0.1, 0.15) is 5.82 Å². The zero-order valence-electron chi connectivity index (χ0n) is 13.9. The molecule has 24 heavy (non-hydrogen) atoms. The first-order valence-corrected chi connectivity index (χ1v) is 9.38. The fourth-order valence-electron chi connectivity index (χ4n) is 3.28. The largest absolute Gasteiger partial charge is 0.338 e. The van der Waals surface area contributed by atoms with E-state index < -0.39 is 5.82 Å². The third kappa shape index (κ3) is 4.22. The zero-order chi connectivity index (χ0) is 16.9. The second kappa shape index (κ2) is 7.90.